The highest BCUT2D eigenvalue weighted by atomic mass is 19.1. The molecule has 0 radical (unpaired) electrons. The van der Waals surface area contributed by atoms with Gasteiger partial charge in [-0.25, -0.2) is 4.39 Å². The second kappa shape index (κ2) is 6.52. The summed E-state index contributed by atoms with van der Waals surface area (Å²) in [5.74, 6) is 0.539. The van der Waals surface area contributed by atoms with Crippen molar-refractivity contribution in [1.82, 2.24) is 4.98 Å². The molecule has 2 aromatic carbocycles. The molecular weight excluding hydrogens is 293 g/mol. The Morgan fingerprint density at radius 2 is 1.83 bits per heavy atom. The molecule has 118 valence electrons. The smallest absolute Gasteiger partial charge is 0.123 e. The molecule has 2 N–H and O–H groups in total. The molecule has 3 aromatic rings. The molecular formula is C18H18FN3O. The minimum absolute atomic E-state index is 0.262. The van der Waals surface area contributed by atoms with Crippen molar-refractivity contribution < 1.29 is 9.13 Å². The zero-order chi connectivity index (χ0) is 16.2. The number of aromatic nitrogens is 1. The lowest BCUT2D eigenvalue weighted by Gasteiger charge is -2.14. The lowest BCUT2D eigenvalue weighted by atomic mass is 10.1. The Bertz CT molecular complexity index is 818. The van der Waals surface area contributed by atoms with Crippen LogP contribution >= 0.6 is 0 Å². The van der Waals surface area contributed by atoms with Crippen molar-refractivity contribution >= 4 is 22.3 Å². The van der Waals surface area contributed by atoms with Crippen molar-refractivity contribution in [3.05, 3.63) is 60.0 Å². The SMILES string of the molecule is CCOc1ccc2nc(C)cc(NNc3ccc(F)cc3)c2c1. The van der Waals surface area contributed by atoms with Crippen LogP contribution in [0.5, 0.6) is 5.75 Å². The summed E-state index contributed by atoms with van der Waals surface area (Å²) in [6, 6.07) is 13.9. The van der Waals surface area contributed by atoms with Gasteiger partial charge in [0.1, 0.15) is 11.6 Å². The number of aryl methyl sites for hydroxylation is 1. The molecule has 3 rings (SSSR count). The van der Waals surface area contributed by atoms with Gasteiger partial charge in [0, 0.05) is 11.1 Å². The Morgan fingerprint density at radius 3 is 2.57 bits per heavy atom. The van der Waals surface area contributed by atoms with Crippen molar-refractivity contribution in [3.8, 4) is 5.75 Å². The number of anilines is 2. The monoisotopic (exact) mass is 311 g/mol. The van der Waals surface area contributed by atoms with Crippen LogP contribution in [0, 0.1) is 12.7 Å². The molecule has 0 saturated carbocycles. The fourth-order valence-corrected chi connectivity index (χ4v) is 2.37. The van der Waals surface area contributed by atoms with Crippen LogP contribution in [0.2, 0.25) is 0 Å². The summed E-state index contributed by atoms with van der Waals surface area (Å²) in [5.41, 5.74) is 9.69. The van der Waals surface area contributed by atoms with Crippen LogP contribution in [0.1, 0.15) is 12.6 Å². The van der Waals surface area contributed by atoms with Crippen LogP contribution in [0.3, 0.4) is 0 Å². The quantitative estimate of drug-likeness (QED) is 0.680. The number of rotatable bonds is 5. The number of hydrogen-bond donors (Lipinski definition) is 2. The highest BCUT2D eigenvalue weighted by Crippen LogP contribution is 2.27. The molecule has 1 aromatic heterocycles. The van der Waals surface area contributed by atoms with E-state index < -0.39 is 0 Å². The number of ether oxygens (including phenoxy) is 1. The highest BCUT2D eigenvalue weighted by molar-refractivity contribution is 5.93. The van der Waals surface area contributed by atoms with Crippen LogP contribution < -0.4 is 15.6 Å². The van der Waals surface area contributed by atoms with Gasteiger partial charge >= 0.3 is 0 Å². The van der Waals surface area contributed by atoms with E-state index in [1.165, 1.54) is 12.1 Å². The maximum atomic E-state index is 13.0. The topological polar surface area (TPSA) is 46.2 Å². The molecule has 0 fully saturated rings. The van der Waals surface area contributed by atoms with Crippen LogP contribution in [0.4, 0.5) is 15.8 Å². The van der Waals surface area contributed by atoms with Crippen LogP contribution in [-0.4, -0.2) is 11.6 Å². The van der Waals surface area contributed by atoms with Crippen molar-refractivity contribution in [2.24, 2.45) is 0 Å². The van der Waals surface area contributed by atoms with E-state index in [1.54, 1.807) is 12.1 Å². The number of halogens is 1. The summed E-state index contributed by atoms with van der Waals surface area (Å²) in [5, 5.41) is 0.955. The molecule has 0 aliphatic rings. The van der Waals surface area contributed by atoms with E-state index >= 15 is 0 Å². The second-order valence-electron chi connectivity index (χ2n) is 5.18. The summed E-state index contributed by atoms with van der Waals surface area (Å²) < 4.78 is 18.5. The lowest BCUT2D eigenvalue weighted by Crippen LogP contribution is -2.09. The number of nitrogens with zero attached hydrogens (tertiary/aromatic N) is 1. The van der Waals surface area contributed by atoms with E-state index in [4.69, 9.17) is 4.74 Å². The first-order chi connectivity index (χ1) is 11.2. The lowest BCUT2D eigenvalue weighted by molar-refractivity contribution is 0.340. The number of benzene rings is 2. The van der Waals surface area contributed by atoms with Crippen molar-refractivity contribution in [1.29, 1.82) is 0 Å². The normalized spacial score (nSPS) is 10.6. The standard InChI is InChI=1S/C18H18FN3O/c1-3-23-15-8-9-17-16(11-15)18(10-12(2)20-17)22-21-14-6-4-13(19)5-7-14/h4-11,21H,3H2,1-2H3,(H,20,22). The van der Waals surface area contributed by atoms with Gasteiger partial charge in [-0.15, -0.1) is 0 Å². The average Bonchev–Trinajstić information content (AvgIpc) is 2.54. The third-order valence-electron chi connectivity index (χ3n) is 3.40. The maximum absolute atomic E-state index is 13.0. The largest absolute Gasteiger partial charge is 0.494 e. The Morgan fingerprint density at radius 1 is 1.04 bits per heavy atom. The molecule has 0 aliphatic carbocycles. The molecule has 0 saturated heterocycles. The van der Waals surface area contributed by atoms with Gasteiger partial charge < -0.3 is 15.6 Å². The molecule has 5 heteroatoms. The fourth-order valence-electron chi connectivity index (χ4n) is 2.37. The predicted molar refractivity (Wildman–Crippen MR) is 91.3 cm³/mol. The Kier molecular flexibility index (Phi) is 4.28. The van der Waals surface area contributed by atoms with Gasteiger partial charge in [-0.05, 0) is 62.4 Å². The molecule has 0 amide bonds. The first kappa shape index (κ1) is 15.1. The van der Waals surface area contributed by atoms with Gasteiger partial charge in [0.05, 0.1) is 23.5 Å². The summed E-state index contributed by atoms with van der Waals surface area (Å²) >= 11 is 0. The molecule has 4 nitrogen and oxygen atoms in total. The minimum Gasteiger partial charge on any atom is -0.494 e. The fraction of sp³-hybridized carbons (Fsp3) is 0.167. The molecule has 0 unspecified atom stereocenters. The zero-order valence-corrected chi connectivity index (χ0v) is 13.1. The van der Waals surface area contributed by atoms with E-state index in [1.807, 2.05) is 38.1 Å². The van der Waals surface area contributed by atoms with Crippen molar-refractivity contribution in [2.75, 3.05) is 17.5 Å². The van der Waals surface area contributed by atoms with Gasteiger partial charge in [-0.3, -0.25) is 4.98 Å². The first-order valence-electron chi connectivity index (χ1n) is 7.47. The van der Waals surface area contributed by atoms with Gasteiger partial charge in [0.15, 0.2) is 0 Å². The Hall–Kier alpha value is -2.82. The van der Waals surface area contributed by atoms with Crippen molar-refractivity contribution in [2.45, 2.75) is 13.8 Å². The van der Waals surface area contributed by atoms with Gasteiger partial charge in [-0.1, -0.05) is 0 Å². The molecule has 0 atom stereocenters. The van der Waals surface area contributed by atoms with E-state index in [2.05, 4.69) is 15.8 Å². The molecule has 0 bridgehead atoms. The predicted octanol–water partition coefficient (Wildman–Crippen LogP) is 4.52. The zero-order valence-electron chi connectivity index (χ0n) is 13.1. The minimum atomic E-state index is -0.262. The third kappa shape index (κ3) is 3.51. The van der Waals surface area contributed by atoms with E-state index in [-0.39, 0.29) is 5.82 Å². The number of pyridine rings is 1. The van der Waals surface area contributed by atoms with Crippen LogP contribution in [-0.2, 0) is 0 Å². The molecule has 1 heterocycles. The number of nitrogens with one attached hydrogen (secondary N) is 2. The summed E-state index contributed by atoms with van der Waals surface area (Å²) in [4.78, 5) is 4.53. The van der Waals surface area contributed by atoms with Crippen molar-refractivity contribution in [3.63, 3.8) is 0 Å². The summed E-state index contributed by atoms with van der Waals surface area (Å²) in [6.45, 7) is 4.51. The number of hydrazine groups is 1. The van der Waals surface area contributed by atoms with E-state index in [0.717, 1.165) is 33.7 Å². The van der Waals surface area contributed by atoms with Gasteiger partial charge in [0.25, 0.3) is 0 Å². The number of fused-ring (bicyclic) bond motifs is 1. The van der Waals surface area contributed by atoms with Crippen LogP contribution in [0.25, 0.3) is 10.9 Å². The Balaban J connectivity index is 1.91. The Labute approximate surface area is 134 Å². The molecule has 0 spiro atoms. The summed E-state index contributed by atoms with van der Waals surface area (Å²) in [6.07, 6.45) is 0. The summed E-state index contributed by atoms with van der Waals surface area (Å²) in [7, 11) is 0. The maximum Gasteiger partial charge on any atom is 0.123 e. The van der Waals surface area contributed by atoms with E-state index in [0.29, 0.717) is 6.61 Å². The molecule has 23 heavy (non-hydrogen) atoms. The number of hydrogen-bond acceptors (Lipinski definition) is 4. The first-order valence-corrected chi connectivity index (χ1v) is 7.47. The highest BCUT2D eigenvalue weighted by Gasteiger charge is 2.06. The van der Waals surface area contributed by atoms with Gasteiger partial charge in [0.2, 0.25) is 0 Å². The molecule has 0 aliphatic heterocycles. The average molecular weight is 311 g/mol. The van der Waals surface area contributed by atoms with Crippen LogP contribution in [0.15, 0.2) is 48.5 Å². The third-order valence-corrected chi connectivity index (χ3v) is 3.40. The van der Waals surface area contributed by atoms with Gasteiger partial charge in [-0.2, -0.15) is 0 Å². The van der Waals surface area contributed by atoms with E-state index in [9.17, 15) is 4.39 Å². The second-order valence-corrected chi connectivity index (χ2v) is 5.18.